The molecule has 4 nitrogen and oxygen atoms in total. The molecule has 0 bridgehead atoms. The molecule has 1 aliphatic heterocycles. The van der Waals surface area contributed by atoms with Crippen molar-refractivity contribution in [1.29, 1.82) is 0 Å². The van der Waals surface area contributed by atoms with Crippen molar-refractivity contribution in [2.75, 3.05) is 39.3 Å². The molecule has 0 aliphatic carbocycles. The fourth-order valence-electron chi connectivity index (χ4n) is 2.76. The van der Waals surface area contributed by atoms with E-state index in [0.29, 0.717) is 11.8 Å². The van der Waals surface area contributed by atoms with Gasteiger partial charge in [-0.15, -0.1) is 0 Å². The predicted molar refractivity (Wildman–Crippen MR) is 79.9 cm³/mol. The zero-order chi connectivity index (χ0) is 14.3. The van der Waals surface area contributed by atoms with Crippen molar-refractivity contribution in [3.63, 3.8) is 0 Å². The van der Waals surface area contributed by atoms with Crippen LogP contribution in [0.25, 0.3) is 0 Å². The van der Waals surface area contributed by atoms with Crippen molar-refractivity contribution < 1.29 is 4.79 Å². The van der Waals surface area contributed by atoms with Crippen LogP contribution in [-0.2, 0) is 4.79 Å². The van der Waals surface area contributed by atoms with Crippen LogP contribution in [0, 0.1) is 11.8 Å². The lowest BCUT2D eigenvalue weighted by atomic mass is 10.0. The number of carbonyl (C=O) groups is 1. The van der Waals surface area contributed by atoms with Gasteiger partial charge in [-0.1, -0.05) is 27.2 Å². The van der Waals surface area contributed by atoms with Gasteiger partial charge in [0.15, 0.2) is 0 Å². The molecule has 0 radical (unpaired) electrons. The average Bonchev–Trinajstić information content (AvgIpc) is 2.63. The Kier molecular flexibility index (Phi) is 7.39. The van der Waals surface area contributed by atoms with Gasteiger partial charge in [-0.05, 0) is 31.8 Å². The molecule has 0 aromatic rings. The molecule has 1 fully saturated rings. The van der Waals surface area contributed by atoms with E-state index in [2.05, 4.69) is 30.6 Å². The monoisotopic (exact) mass is 269 g/mol. The highest BCUT2D eigenvalue weighted by molar-refractivity contribution is 5.78. The highest BCUT2D eigenvalue weighted by Gasteiger charge is 2.23. The van der Waals surface area contributed by atoms with Crippen LogP contribution in [0.3, 0.4) is 0 Å². The van der Waals surface area contributed by atoms with Gasteiger partial charge in [-0.25, -0.2) is 0 Å². The number of amides is 1. The minimum atomic E-state index is 0.180. The van der Waals surface area contributed by atoms with Gasteiger partial charge in [0.1, 0.15) is 0 Å². The third kappa shape index (κ3) is 5.49. The molecule has 2 atom stereocenters. The van der Waals surface area contributed by atoms with Crippen LogP contribution >= 0.6 is 0 Å². The third-order valence-corrected chi connectivity index (χ3v) is 4.02. The summed E-state index contributed by atoms with van der Waals surface area (Å²) in [5, 5.41) is 0. The molecule has 0 spiro atoms. The predicted octanol–water partition coefficient (Wildman–Crippen LogP) is 1.55. The van der Waals surface area contributed by atoms with Crippen molar-refractivity contribution in [2.45, 2.75) is 40.0 Å². The molecular weight excluding hydrogens is 238 g/mol. The summed E-state index contributed by atoms with van der Waals surface area (Å²) < 4.78 is 0. The van der Waals surface area contributed by atoms with Gasteiger partial charge in [0.05, 0.1) is 0 Å². The van der Waals surface area contributed by atoms with Crippen LogP contribution in [0.5, 0.6) is 0 Å². The molecule has 19 heavy (non-hydrogen) atoms. The van der Waals surface area contributed by atoms with Gasteiger partial charge in [-0.3, -0.25) is 4.79 Å². The number of nitrogens with zero attached hydrogens (tertiary/aromatic N) is 2. The summed E-state index contributed by atoms with van der Waals surface area (Å²) in [7, 11) is 0. The van der Waals surface area contributed by atoms with E-state index in [4.69, 9.17) is 5.73 Å². The lowest BCUT2D eigenvalue weighted by Crippen LogP contribution is -2.39. The summed E-state index contributed by atoms with van der Waals surface area (Å²) >= 11 is 0. The molecular formula is C15H31N3O. The first-order chi connectivity index (χ1) is 9.08. The summed E-state index contributed by atoms with van der Waals surface area (Å²) in [6.07, 6.45) is 3.17. The van der Waals surface area contributed by atoms with Crippen molar-refractivity contribution in [2.24, 2.45) is 17.6 Å². The van der Waals surface area contributed by atoms with E-state index in [-0.39, 0.29) is 5.92 Å². The fourth-order valence-corrected chi connectivity index (χ4v) is 2.76. The van der Waals surface area contributed by atoms with Crippen LogP contribution in [0.15, 0.2) is 0 Å². The standard InChI is InChI=1S/C15H31N3O/c1-4-6-14(3)15(19)18-8-5-7-17(9-10-18)12-13(2)11-16/h13-14H,4-12,16H2,1-3H3. The first-order valence-corrected chi connectivity index (χ1v) is 7.79. The van der Waals surface area contributed by atoms with E-state index in [0.717, 1.165) is 58.5 Å². The van der Waals surface area contributed by atoms with Gasteiger partial charge in [0.2, 0.25) is 5.91 Å². The summed E-state index contributed by atoms with van der Waals surface area (Å²) in [6.45, 7) is 12.1. The Bertz CT molecular complexity index is 270. The summed E-state index contributed by atoms with van der Waals surface area (Å²) in [5.41, 5.74) is 5.69. The second kappa shape index (κ2) is 8.54. The maximum absolute atomic E-state index is 12.3. The minimum absolute atomic E-state index is 0.180. The Morgan fingerprint density at radius 1 is 1.21 bits per heavy atom. The Balaban J connectivity index is 2.42. The molecule has 1 saturated heterocycles. The Morgan fingerprint density at radius 2 is 1.95 bits per heavy atom. The second-order valence-corrected chi connectivity index (χ2v) is 6.01. The van der Waals surface area contributed by atoms with Crippen LogP contribution in [0.2, 0.25) is 0 Å². The number of hydrogen-bond acceptors (Lipinski definition) is 3. The van der Waals surface area contributed by atoms with Crippen LogP contribution in [0.4, 0.5) is 0 Å². The van der Waals surface area contributed by atoms with Gasteiger partial charge >= 0.3 is 0 Å². The Labute approximate surface area is 118 Å². The number of rotatable bonds is 6. The van der Waals surface area contributed by atoms with E-state index in [1.807, 2.05) is 0 Å². The fraction of sp³-hybridized carbons (Fsp3) is 0.933. The smallest absolute Gasteiger partial charge is 0.225 e. The minimum Gasteiger partial charge on any atom is -0.341 e. The van der Waals surface area contributed by atoms with Crippen molar-refractivity contribution in [3.05, 3.63) is 0 Å². The molecule has 112 valence electrons. The molecule has 0 aromatic carbocycles. The second-order valence-electron chi connectivity index (χ2n) is 6.01. The van der Waals surface area contributed by atoms with Gasteiger partial charge in [0.25, 0.3) is 0 Å². The lowest BCUT2D eigenvalue weighted by molar-refractivity contribution is -0.135. The quantitative estimate of drug-likeness (QED) is 0.796. The Hall–Kier alpha value is -0.610. The molecule has 0 saturated carbocycles. The number of carbonyl (C=O) groups excluding carboxylic acids is 1. The van der Waals surface area contributed by atoms with Crippen LogP contribution in [-0.4, -0.2) is 55.0 Å². The largest absolute Gasteiger partial charge is 0.341 e. The highest BCUT2D eigenvalue weighted by atomic mass is 16.2. The summed E-state index contributed by atoms with van der Waals surface area (Å²) in [6, 6.07) is 0. The maximum atomic E-state index is 12.3. The van der Waals surface area contributed by atoms with Gasteiger partial charge in [0, 0.05) is 32.1 Å². The van der Waals surface area contributed by atoms with E-state index < -0.39 is 0 Å². The molecule has 2 unspecified atom stereocenters. The van der Waals surface area contributed by atoms with Crippen molar-refractivity contribution in [3.8, 4) is 0 Å². The molecule has 0 aromatic heterocycles. The molecule has 2 N–H and O–H groups in total. The zero-order valence-electron chi connectivity index (χ0n) is 12.9. The van der Waals surface area contributed by atoms with E-state index in [1.165, 1.54) is 0 Å². The van der Waals surface area contributed by atoms with Crippen molar-refractivity contribution >= 4 is 5.91 Å². The zero-order valence-corrected chi connectivity index (χ0v) is 12.9. The summed E-state index contributed by atoms with van der Waals surface area (Å²) in [4.78, 5) is 16.8. The molecule has 1 rings (SSSR count). The van der Waals surface area contributed by atoms with Gasteiger partial charge in [-0.2, -0.15) is 0 Å². The molecule has 1 amide bonds. The number of hydrogen-bond donors (Lipinski definition) is 1. The SMILES string of the molecule is CCCC(C)C(=O)N1CCCN(CC(C)CN)CC1. The number of nitrogens with two attached hydrogens (primary N) is 1. The van der Waals surface area contributed by atoms with Crippen molar-refractivity contribution in [1.82, 2.24) is 9.80 Å². The highest BCUT2D eigenvalue weighted by Crippen LogP contribution is 2.13. The topological polar surface area (TPSA) is 49.6 Å². The van der Waals surface area contributed by atoms with E-state index >= 15 is 0 Å². The summed E-state index contributed by atoms with van der Waals surface area (Å²) in [5.74, 6) is 1.07. The lowest BCUT2D eigenvalue weighted by Gasteiger charge is -2.25. The average molecular weight is 269 g/mol. The Morgan fingerprint density at radius 3 is 2.58 bits per heavy atom. The normalized spacial score (nSPS) is 20.9. The van der Waals surface area contributed by atoms with Gasteiger partial charge < -0.3 is 15.5 Å². The molecule has 1 heterocycles. The maximum Gasteiger partial charge on any atom is 0.225 e. The first-order valence-electron chi connectivity index (χ1n) is 7.79. The van der Waals surface area contributed by atoms with E-state index in [1.54, 1.807) is 0 Å². The first kappa shape index (κ1) is 16.4. The molecule has 4 heteroatoms. The van der Waals surface area contributed by atoms with Crippen LogP contribution in [0.1, 0.15) is 40.0 Å². The third-order valence-electron chi connectivity index (χ3n) is 4.02. The van der Waals surface area contributed by atoms with Crippen LogP contribution < -0.4 is 5.73 Å². The molecule has 1 aliphatic rings. The van der Waals surface area contributed by atoms with E-state index in [9.17, 15) is 4.79 Å².